The molecular formula is C18H18N4S2. The Kier molecular flexibility index (Phi) is 4.97. The molecule has 0 amide bonds. The first-order chi connectivity index (χ1) is 11.7. The van der Waals surface area contributed by atoms with Crippen molar-refractivity contribution in [2.45, 2.75) is 10.1 Å². The van der Waals surface area contributed by atoms with E-state index >= 15 is 0 Å². The lowest BCUT2D eigenvalue weighted by Gasteiger charge is -2.17. The highest BCUT2D eigenvalue weighted by Crippen LogP contribution is 2.42. The van der Waals surface area contributed by atoms with Gasteiger partial charge in [0.25, 0.3) is 0 Å². The molecular weight excluding hydrogens is 336 g/mol. The highest BCUT2D eigenvalue weighted by molar-refractivity contribution is 7.98. The molecule has 0 unspecified atom stereocenters. The minimum absolute atomic E-state index is 0.647. The summed E-state index contributed by atoms with van der Waals surface area (Å²) in [4.78, 5) is 8.86. The zero-order valence-corrected chi connectivity index (χ0v) is 15.1. The Hall–Kier alpha value is -2.18. The molecule has 0 aliphatic heterocycles. The van der Waals surface area contributed by atoms with Crippen molar-refractivity contribution >= 4 is 34.9 Å². The minimum Gasteiger partial charge on any atom is -0.398 e. The van der Waals surface area contributed by atoms with Crippen LogP contribution in [-0.4, -0.2) is 22.5 Å². The van der Waals surface area contributed by atoms with Crippen molar-refractivity contribution in [3.8, 4) is 22.3 Å². The molecule has 0 saturated carbocycles. The molecule has 0 spiro atoms. The van der Waals surface area contributed by atoms with Gasteiger partial charge in [0.2, 0.25) is 0 Å². The quantitative estimate of drug-likeness (QED) is 0.533. The van der Waals surface area contributed by atoms with E-state index in [9.17, 15) is 0 Å². The largest absolute Gasteiger partial charge is 0.398 e. The van der Waals surface area contributed by atoms with Gasteiger partial charge in [0, 0.05) is 46.0 Å². The van der Waals surface area contributed by atoms with Crippen LogP contribution in [0.4, 0.5) is 11.4 Å². The second-order valence-corrected chi connectivity index (χ2v) is 6.70. The number of rotatable bonds is 4. The standard InChI is InChI=1S/C18H18N4S2/c1-23-17-12(5-3-9-21-17)11-7-8-14(19)15(16(11)20)13-6-4-10-22-18(13)24-2/h3-10H,19-20H2,1-2H3. The maximum atomic E-state index is 6.54. The molecule has 3 aromatic rings. The molecule has 0 atom stereocenters. The Labute approximate surface area is 150 Å². The maximum absolute atomic E-state index is 6.54. The molecule has 0 aliphatic carbocycles. The molecule has 122 valence electrons. The van der Waals surface area contributed by atoms with Crippen LogP contribution in [0, 0.1) is 0 Å². The summed E-state index contributed by atoms with van der Waals surface area (Å²) in [6, 6.07) is 11.7. The summed E-state index contributed by atoms with van der Waals surface area (Å²) in [5.41, 5.74) is 17.8. The molecule has 4 N–H and O–H groups in total. The molecule has 2 aromatic heterocycles. The van der Waals surface area contributed by atoms with E-state index in [0.717, 1.165) is 32.3 Å². The Morgan fingerprint density at radius 2 is 1.33 bits per heavy atom. The summed E-state index contributed by atoms with van der Waals surface area (Å²) in [5, 5.41) is 1.85. The van der Waals surface area contributed by atoms with Gasteiger partial charge < -0.3 is 11.5 Å². The van der Waals surface area contributed by atoms with Crippen molar-refractivity contribution in [3.05, 3.63) is 48.8 Å². The van der Waals surface area contributed by atoms with Gasteiger partial charge in [0.1, 0.15) is 10.1 Å². The summed E-state index contributed by atoms with van der Waals surface area (Å²) in [6.07, 6.45) is 7.57. The van der Waals surface area contributed by atoms with Crippen LogP contribution in [0.2, 0.25) is 0 Å². The smallest absolute Gasteiger partial charge is 0.104 e. The highest BCUT2D eigenvalue weighted by Gasteiger charge is 2.17. The number of hydrogen-bond acceptors (Lipinski definition) is 6. The lowest BCUT2D eigenvalue weighted by molar-refractivity contribution is 1.14. The molecule has 0 aliphatic rings. The summed E-state index contributed by atoms with van der Waals surface area (Å²) in [7, 11) is 0. The summed E-state index contributed by atoms with van der Waals surface area (Å²) in [6.45, 7) is 0. The zero-order valence-electron chi connectivity index (χ0n) is 13.5. The first-order valence-electron chi connectivity index (χ1n) is 7.34. The van der Waals surface area contributed by atoms with E-state index in [0.29, 0.717) is 11.4 Å². The molecule has 0 fully saturated rings. The summed E-state index contributed by atoms with van der Waals surface area (Å²) in [5.74, 6) is 0. The SMILES string of the molecule is CSc1ncccc1-c1ccc(N)c(-c2cccnc2SC)c1N. The van der Waals surface area contributed by atoms with Gasteiger partial charge in [-0.1, -0.05) is 12.1 Å². The predicted octanol–water partition coefficient (Wildman–Crippen LogP) is 4.42. The van der Waals surface area contributed by atoms with Gasteiger partial charge in [0.15, 0.2) is 0 Å². The van der Waals surface area contributed by atoms with E-state index in [1.54, 1.807) is 35.9 Å². The number of nitrogens with two attached hydrogens (primary N) is 2. The lowest BCUT2D eigenvalue weighted by atomic mass is 9.96. The van der Waals surface area contributed by atoms with Crippen molar-refractivity contribution in [2.75, 3.05) is 24.0 Å². The third-order valence-corrected chi connectivity index (χ3v) is 5.19. The van der Waals surface area contributed by atoms with Crippen molar-refractivity contribution in [1.82, 2.24) is 9.97 Å². The highest BCUT2D eigenvalue weighted by atomic mass is 32.2. The fourth-order valence-corrected chi connectivity index (χ4v) is 3.79. The van der Waals surface area contributed by atoms with Gasteiger partial charge in [-0.2, -0.15) is 0 Å². The van der Waals surface area contributed by atoms with Crippen molar-refractivity contribution < 1.29 is 0 Å². The molecule has 6 heteroatoms. The van der Waals surface area contributed by atoms with Crippen LogP contribution in [0.25, 0.3) is 22.3 Å². The number of benzene rings is 1. The van der Waals surface area contributed by atoms with Crippen LogP contribution in [0.3, 0.4) is 0 Å². The van der Waals surface area contributed by atoms with Crippen molar-refractivity contribution in [3.63, 3.8) is 0 Å². The van der Waals surface area contributed by atoms with Crippen LogP contribution in [0.15, 0.2) is 58.8 Å². The van der Waals surface area contributed by atoms with Crippen LogP contribution in [0.1, 0.15) is 0 Å². The second-order valence-electron chi connectivity index (χ2n) is 5.11. The van der Waals surface area contributed by atoms with E-state index < -0.39 is 0 Å². The summed E-state index contributed by atoms with van der Waals surface area (Å²) < 4.78 is 0. The first-order valence-corrected chi connectivity index (χ1v) is 9.79. The van der Waals surface area contributed by atoms with Gasteiger partial charge in [-0.25, -0.2) is 9.97 Å². The number of hydrogen-bond donors (Lipinski definition) is 2. The van der Waals surface area contributed by atoms with Crippen molar-refractivity contribution in [2.24, 2.45) is 0 Å². The molecule has 0 saturated heterocycles. The number of anilines is 2. The van der Waals surface area contributed by atoms with Gasteiger partial charge >= 0.3 is 0 Å². The minimum atomic E-state index is 0.647. The third-order valence-electron chi connectivity index (χ3n) is 3.77. The molecule has 0 radical (unpaired) electrons. The Bertz CT molecular complexity index is 881. The van der Waals surface area contributed by atoms with Crippen molar-refractivity contribution in [1.29, 1.82) is 0 Å². The van der Waals surface area contributed by atoms with Gasteiger partial charge in [-0.3, -0.25) is 0 Å². The second kappa shape index (κ2) is 7.15. The van der Waals surface area contributed by atoms with Crippen LogP contribution in [0.5, 0.6) is 0 Å². The Morgan fingerprint density at radius 3 is 1.96 bits per heavy atom. The molecule has 0 bridgehead atoms. The molecule has 1 aromatic carbocycles. The first kappa shape index (κ1) is 16.7. The van der Waals surface area contributed by atoms with E-state index in [4.69, 9.17) is 11.5 Å². The fourth-order valence-electron chi connectivity index (χ4n) is 2.67. The fraction of sp³-hybridized carbons (Fsp3) is 0.111. The average Bonchev–Trinajstić information content (AvgIpc) is 2.62. The van der Waals surface area contributed by atoms with E-state index in [2.05, 4.69) is 9.97 Å². The average molecular weight is 355 g/mol. The number of aromatic nitrogens is 2. The monoisotopic (exact) mass is 354 g/mol. The van der Waals surface area contributed by atoms with E-state index in [1.165, 1.54) is 0 Å². The number of thioether (sulfide) groups is 2. The normalized spacial score (nSPS) is 10.8. The number of nitrogen functional groups attached to an aromatic ring is 2. The zero-order chi connectivity index (χ0) is 17.1. The van der Waals surface area contributed by atoms with Gasteiger partial charge in [-0.05, 0) is 36.8 Å². The van der Waals surface area contributed by atoms with Crippen LogP contribution in [-0.2, 0) is 0 Å². The molecule has 3 rings (SSSR count). The Balaban J connectivity index is 2.26. The number of pyridine rings is 2. The van der Waals surface area contributed by atoms with E-state index in [-0.39, 0.29) is 0 Å². The summed E-state index contributed by atoms with van der Waals surface area (Å²) >= 11 is 3.18. The lowest BCUT2D eigenvalue weighted by Crippen LogP contribution is -2.01. The molecule has 4 nitrogen and oxygen atoms in total. The van der Waals surface area contributed by atoms with Gasteiger partial charge in [-0.15, -0.1) is 23.5 Å². The third kappa shape index (κ3) is 2.95. The van der Waals surface area contributed by atoms with E-state index in [1.807, 2.05) is 48.9 Å². The molecule has 24 heavy (non-hydrogen) atoms. The number of nitrogens with zero attached hydrogens (tertiary/aromatic N) is 2. The van der Waals surface area contributed by atoms with Gasteiger partial charge in [0.05, 0.1) is 0 Å². The van der Waals surface area contributed by atoms with Crippen LogP contribution >= 0.6 is 23.5 Å². The van der Waals surface area contributed by atoms with Crippen LogP contribution < -0.4 is 11.5 Å². The maximum Gasteiger partial charge on any atom is 0.104 e. The molecule has 2 heterocycles. The predicted molar refractivity (Wildman–Crippen MR) is 105 cm³/mol. The Morgan fingerprint density at radius 1 is 0.750 bits per heavy atom. The topological polar surface area (TPSA) is 77.8 Å².